The number of nitrogens with one attached hydrogen (secondary N) is 1. The van der Waals surface area contributed by atoms with Crippen molar-refractivity contribution in [3.8, 4) is 0 Å². The van der Waals surface area contributed by atoms with E-state index in [2.05, 4.69) is 28.9 Å². The zero-order chi connectivity index (χ0) is 21.5. The molecule has 0 spiro atoms. The van der Waals surface area contributed by atoms with Crippen LogP contribution in [0, 0.1) is 0 Å². The van der Waals surface area contributed by atoms with Crippen molar-refractivity contribution in [2.45, 2.75) is 19.5 Å². The maximum Gasteiger partial charge on any atom is 0.338 e. The SMILES string of the molecule is C=CCN1C(=O)N[C@H](c2ccsc2)C(C(=O)OCC)=C1CN(C)Cc1ccccc1. The van der Waals surface area contributed by atoms with Gasteiger partial charge in [-0.05, 0) is 41.9 Å². The molecular weight excluding hydrogens is 398 g/mol. The fourth-order valence-corrected chi connectivity index (χ4v) is 4.23. The summed E-state index contributed by atoms with van der Waals surface area (Å²) in [7, 11) is 1.97. The summed E-state index contributed by atoms with van der Waals surface area (Å²) in [6, 6.07) is 11.2. The molecule has 30 heavy (non-hydrogen) atoms. The molecule has 2 amide bonds. The number of benzene rings is 1. The van der Waals surface area contributed by atoms with Crippen molar-refractivity contribution in [2.24, 2.45) is 0 Å². The number of thiophene rings is 1. The van der Waals surface area contributed by atoms with Gasteiger partial charge in [0.25, 0.3) is 0 Å². The Morgan fingerprint density at radius 1 is 1.30 bits per heavy atom. The average molecular weight is 426 g/mol. The second kappa shape index (κ2) is 10.2. The zero-order valence-electron chi connectivity index (χ0n) is 17.3. The highest BCUT2D eigenvalue weighted by Crippen LogP contribution is 2.33. The van der Waals surface area contributed by atoms with E-state index in [1.807, 2.05) is 42.1 Å². The highest BCUT2D eigenvalue weighted by Gasteiger charge is 2.38. The van der Waals surface area contributed by atoms with Gasteiger partial charge in [-0.15, -0.1) is 6.58 Å². The zero-order valence-corrected chi connectivity index (χ0v) is 18.2. The first-order valence-electron chi connectivity index (χ1n) is 9.88. The molecule has 1 N–H and O–H groups in total. The first kappa shape index (κ1) is 21.8. The van der Waals surface area contributed by atoms with Crippen molar-refractivity contribution in [3.63, 3.8) is 0 Å². The summed E-state index contributed by atoms with van der Waals surface area (Å²) in [6.45, 7) is 7.23. The summed E-state index contributed by atoms with van der Waals surface area (Å²) in [5, 5.41) is 6.84. The lowest BCUT2D eigenvalue weighted by atomic mass is 9.96. The molecule has 0 radical (unpaired) electrons. The van der Waals surface area contributed by atoms with Crippen LogP contribution < -0.4 is 5.32 Å². The molecule has 0 bridgehead atoms. The van der Waals surface area contributed by atoms with Crippen molar-refractivity contribution in [1.82, 2.24) is 15.1 Å². The summed E-state index contributed by atoms with van der Waals surface area (Å²) in [5.41, 5.74) is 3.14. The lowest BCUT2D eigenvalue weighted by Gasteiger charge is -2.37. The topological polar surface area (TPSA) is 61.9 Å². The van der Waals surface area contributed by atoms with Gasteiger partial charge in [0.2, 0.25) is 0 Å². The molecule has 1 aliphatic heterocycles. The number of amides is 2. The monoisotopic (exact) mass is 425 g/mol. The largest absolute Gasteiger partial charge is 0.463 e. The second-order valence-electron chi connectivity index (χ2n) is 7.08. The van der Waals surface area contributed by atoms with Gasteiger partial charge in [-0.1, -0.05) is 36.4 Å². The van der Waals surface area contributed by atoms with E-state index in [0.717, 1.165) is 11.1 Å². The molecule has 2 aromatic rings. The van der Waals surface area contributed by atoms with E-state index < -0.39 is 12.0 Å². The third kappa shape index (κ3) is 4.98. The molecule has 3 rings (SSSR count). The van der Waals surface area contributed by atoms with Gasteiger partial charge < -0.3 is 10.1 Å². The standard InChI is InChI=1S/C23H27N3O3S/c1-4-12-26-19(15-25(3)14-17-9-7-6-8-10-17)20(22(27)29-5-2)21(24-23(26)28)18-11-13-30-16-18/h4,6-11,13,16,21H,1,5,12,14-15H2,2-3H3,(H,24,28)/t21-/m1/s1. The quantitative estimate of drug-likeness (QED) is 0.488. The molecule has 1 atom stereocenters. The van der Waals surface area contributed by atoms with Crippen LogP contribution in [0.3, 0.4) is 0 Å². The Bertz CT molecular complexity index is 909. The minimum atomic E-state index is -0.538. The van der Waals surface area contributed by atoms with Crippen LogP contribution in [0.25, 0.3) is 0 Å². The van der Waals surface area contributed by atoms with Crippen LogP contribution in [0.2, 0.25) is 0 Å². The van der Waals surface area contributed by atoms with E-state index >= 15 is 0 Å². The van der Waals surface area contributed by atoms with E-state index in [9.17, 15) is 9.59 Å². The van der Waals surface area contributed by atoms with E-state index in [1.54, 1.807) is 17.9 Å². The van der Waals surface area contributed by atoms with Gasteiger partial charge in [0.15, 0.2) is 0 Å². The highest BCUT2D eigenvalue weighted by molar-refractivity contribution is 7.08. The summed E-state index contributed by atoms with van der Waals surface area (Å²) >= 11 is 1.52. The van der Waals surface area contributed by atoms with Gasteiger partial charge in [-0.25, -0.2) is 9.59 Å². The number of esters is 1. The molecule has 1 aromatic carbocycles. The minimum absolute atomic E-state index is 0.248. The first-order valence-corrected chi connectivity index (χ1v) is 10.8. The number of carbonyl (C=O) groups excluding carboxylic acids is 2. The second-order valence-corrected chi connectivity index (χ2v) is 7.86. The number of hydrogen-bond donors (Lipinski definition) is 1. The predicted octanol–water partition coefficient (Wildman–Crippen LogP) is 3.95. The smallest absolute Gasteiger partial charge is 0.338 e. The molecule has 1 aromatic heterocycles. The molecule has 2 heterocycles. The number of hydrogen-bond acceptors (Lipinski definition) is 5. The van der Waals surface area contributed by atoms with Crippen molar-refractivity contribution in [1.29, 1.82) is 0 Å². The fourth-order valence-electron chi connectivity index (χ4n) is 3.54. The van der Waals surface area contributed by atoms with Crippen molar-refractivity contribution < 1.29 is 14.3 Å². The van der Waals surface area contributed by atoms with E-state index in [1.165, 1.54) is 11.3 Å². The number of urea groups is 1. The molecule has 0 unspecified atom stereocenters. The summed E-state index contributed by atoms with van der Waals surface area (Å²) in [6.07, 6.45) is 1.66. The van der Waals surface area contributed by atoms with Crippen LogP contribution >= 0.6 is 11.3 Å². The number of ether oxygens (including phenoxy) is 1. The van der Waals surface area contributed by atoms with Gasteiger partial charge in [0.05, 0.1) is 18.2 Å². The Hall–Kier alpha value is -2.90. The van der Waals surface area contributed by atoms with Gasteiger partial charge in [-0.3, -0.25) is 9.80 Å². The van der Waals surface area contributed by atoms with Crippen molar-refractivity contribution >= 4 is 23.3 Å². The third-order valence-electron chi connectivity index (χ3n) is 4.84. The molecule has 0 saturated carbocycles. The Morgan fingerprint density at radius 3 is 2.70 bits per heavy atom. The van der Waals surface area contributed by atoms with Crippen LogP contribution in [-0.4, -0.2) is 48.5 Å². The number of rotatable bonds is 9. The predicted molar refractivity (Wildman–Crippen MR) is 119 cm³/mol. The van der Waals surface area contributed by atoms with Crippen LogP contribution in [0.1, 0.15) is 24.1 Å². The van der Waals surface area contributed by atoms with Gasteiger partial charge in [-0.2, -0.15) is 11.3 Å². The summed E-state index contributed by atoms with van der Waals surface area (Å²) < 4.78 is 5.39. The van der Waals surface area contributed by atoms with Gasteiger partial charge >= 0.3 is 12.0 Å². The average Bonchev–Trinajstić information content (AvgIpc) is 3.26. The van der Waals surface area contributed by atoms with Crippen LogP contribution in [0.15, 0.2) is 71.1 Å². The lowest BCUT2D eigenvalue weighted by Crippen LogP contribution is -2.50. The maximum atomic E-state index is 13.0. The lowest BCUT2D eigenvalue weighted by molar-refractivity contribution is -0.139. The van der Waals surface area contributed by atoms with Crippen molar-refractivity contribution in [3.05, 3.63) is 82.2 Å². The molecular formula is C23H27N3O3S. The third-order valence-corrected chi connectivity index (χ3v) is 5.54. The van der Waals surface area contributed by atoms with E-state index in [0.29, 0.717) is 30.9 Å². The maximum absolute atomic E-state index is 13.0. The first-order chi connectivity index (χ1) is 14.5. The Labute approximate surface area is 181 Å². The molecule has 0 fully saturated rings. The molecule has 7 heteroatoms. The normalized spacial score (nSPS) is 16.6. The van der Waals surface area contributed by atoms with Gasteiger partial charge in [0.1, 0.15) is 0 Å². The molecule has 158 valence electrons. The minimum Gasteiger partial charge on any atom is -0.463 e. The number of likely N-dealkylation sites (N-methyl/N-ethyl adjacent to an activating group) is 1. The Balaban J connectivity index is 2.02. The van der Waals surface area contributed by atoms with Crippen LogP contribution in [0.4, 0.5) is 4.79 Å². The molecule has 0 aliphatic carbocycles. The Kier molecular flexibility index (Phi) is 7.43. The number of carbonyl (C=O) groups is 2. The van der Waals surface area contributed by atoms with Gasteiger partial charge in [0, 0.05) is 25.3 Å². The van der Waals surface area contributed by atoms with Crippen LogP contribution in [0.5, 0.6) is 0 Å². The van der Waals surface area contributed by atoms with E-state index in [-0.39, 0.29) is 12.6 Å². The molecule has 1 aliphatic rings. The summed E-state index contributed by atoms with van der Waals surface area (Å²) in [5.74, 6) is -0.411. The number of nitrogens with zero attached hydrogens (tertiary/aromatic N) is 2. The highest BCUT2D eigenvalue weighted by atomic mass is 32.1. The van der Waals surface area contributed by atoms with Crippen LogP contribution in [-0.2, 0) is 16.1 Å². The molecule has 0 saturated heterocycles. The van der Waals surface area contributed by atoms with E-state index in [4.69, 9.17) is 4.74 Å². The summed E-state index contributed by atoms with van der Waals surface area (Å²) in [4.78, 5) is 29.6. The fraction of sp³-hybridized carbons (Fsp3) is 0.304. The Morgan fingerprint density at radius 2 is 2.07 bits per heavy atom. The molecule has 6 nitrogen and oxygen atoms in total. The van der Waals surface area contributed by atoms with Crippen molar-refractivity contribution in [2.75, 3.05) is 26.7 Å².